The highest BCUT2D eigenvalue weighted by atomic mass is 79.9. The van der Waals surface area contributed by atoms with E-state index in [0.717, 1.165) is 30.1 Å². The molecule has 1 saturated heterocycles. The van der Waals surface area contributed by atoms with E-state index in [2.05, 4.69) is 39.8 Å². The summed E-state index contributed by atoms with van der Waals surface area (Å²) in [5, 5.41) is 3.81. The van der Waals surface area contributed by atoms with Gasteiger partial charge in [-0.15, -0.1) is 0 Å². The highest BCUT2D eigenvalue weighted by Gasteiger charge is 2.26. The van der Waals surface area contributed by atoms with Gasteiger partial charge in [0, 0.05) is 18.7 Å². The van der Waals surface area contributed by atoms with Crippen LogP contribution in [0.3, 0.4) is 0 Å². The number of rotatable bonds is 2. The summed E-state index contributed by atoms with van der Waals surface area (Å²) < 4.78 is 11.5. The lowest BCUT2D eigenvalue weighted by Crippen LogP contribution is -2.47. The Morgan fingerprint density at radius 1 is 1.60 bits per heavy atom. The van der Waals surface area contributed by atoms with Gasteiger partial charge in [-0.1, -0.05) is 5.16 Å². The van der Waals surface area contributed by atoms with Crippen LogP contribution in [-0.2, 0) is 11.3 Å². The smallest absolute Gasteiger partial charge is 0.151 e. The van der Waals surface area contributed by atoms with Gasteiger partial charge >= 0.3 is 0 Å². The summed E-state index contributed by atoms with van der Waals surface area (Å²) in [6, 6.07) is 2.33. The third kappa shape index (κ3) is 2.59. The predicted octanol–water partition coefficient (Wildman–Crippen LogP) is 2.05. The zero-order chi connectivity index (χ0) is 10.8. The molecule has 1 fully saturated rings. The van der Waals surface area contributed by atoms with Crippen molar-refractivity contribution < 1.29 is 9.26 Å². The third-order valence-corrected chi connectivity index (χ3v) is 3.28. The number of halogens is 1. The molecule has 0 bridgehead atoms. The van der Waals surface area contributed by atoms with Gasteiger partial charge in [0.1, 0.15) is 4.60 Å². The lowest BCUT2D eigenvalue weighted by molar-refractivity contribution is -0.0607. The first-order valence-electron chi connectivity index (χ1n) is 5.13. The molecule has 1 aromatic rings. The van der Waals surface area contributed by atoms with Crippen molar-refractivity contribution in [3.8, 4) is 0 Å². The van der Waals surface area contributed by atoms with E-state index in [1.807, 2.05) is 6.07 Å². The predicted molar refractivity (Wildman–Crippen MR) is 59.5 cm³/mol. The lowest BCUT2D eigenvalue weighted by atomic mass is 10.1. The monoisotopic (exact) mass is 274 g/mol. The van der Waals surface area contributed by atoms with Gasteiger partial charge in [0.15, 0.2) is 5.76 Å². The number of nitrogens with zero attached hydrogens (tertiary/aromatic N) is 2. The van der Waals surface area contributed by atoms with Crippen molar-refractivity contribution in [1.29, 1.82) is 0 Å². The number of hydrogen-bond acceptors (Lipinski definition) is 4. The Balaban J connectivity index is 1.99. The summed E-state index contributed by atoms with van der Waals surface area (Å²) in [4.78, 5) is 2.35. The fourth-order valence-electron chi connectivity index (χ4n) is 1.78. The van der Waals surface area contributed by atoms with Crippen molar-refractivity contribution in [3.63, 3.8) is 0 Å². The molecule has 1 aromatic heterocycles. The quantitative estimate of drug-likeness (QED) is 0.828. The summed E-state index contributed by atoms with van der Waals surface area (Å²) in [5.74, 6) is 0.892. The number of morpholine rings is 1. The molecule has 2 rings (SSSR count). The first kappa shape index (κ1) is 11.1. The van der Waals surface area contributed by atoms with E-state index in [0.29, 0.717) is 6.04 Å². The van der Waals surface area contributed by atoms with Crippen LogP contribution in [0.15, 0.2) is 15.2 Å². The molecule has 84 valence electrons. The van der Waals surface area contributed by atoms with E-state index in [4.69, 9.17) is 9.26 Å². The molecule has 0 aromatic carbocycles. The molecule has 4 nitrogen and oxygen atoms in total. The van der Waals surface area contributed by atoms with E-state index in [1.54, 1.807) is 0 Å². The molecule has 2 atom stereocenters. The van der Waals surface area contributed by atoms with Gasteiger partial charge in [-0.3, -0.25) is 4.90 Å². The number of aromatic nitrogens is 1. The fourth-order valence-corrected chi connectivity index (χ4v) is 2.11. The molecule has 15 heavy (non-hydrogen) atoms. The van der Waals surface area contributed by atoms with Crippen molar-refractivity contribution in [2.45, 2.75) is 32.5 Å². The highest BCUT2D eigenvalue weighted by Crippen LogP contribution is 2.18. The molecular weight excluding hydrogens is 260 g/mol. The molecule has 2 heterocycles. The van der Waals surface area contributed by atoms with Gasteiger partial charge in [0.25, 0.3) is 0 Å². The van der Waals surface area contributed by atoms with Crippen LogP contribution in [0.4, 0.5) is 0 Å². The second-order valence-corrected chi connectivity index (χ2v) is 4.72. The Labute approximate surface area is 97.7 Å². The second-order valence-electron chi connectivity index (χ2n) is 3.90. The summed E-state index contributed by atoms with van der Waals surface area (Å²) in [6.07, 6.45) is 0.283. The largest absolute Gasteiger partial charge is 0.376 e. The topological polar surface area (TPSA) is 38.5 Å². The van der Waals surface area contributed by atoms with Crippen LogP contribution in [0.5, 0.6) is 0 Å². The zero-order valence-electron chi connectivity index (χ0n) is 8.94. The van der Waals surface area contributed by atoms with Gasteiger partial charge in [0.05, 0.1) is 19.3 Å². The lowest BCUT2D eigenvalue weighted by Gasteiger charge is -2.37. The minimum atomic E-state index is 0.283. The maximum Gasteiger partial charge on any atom is 0.151 e. The molecular formula is C10H15BrN2O2. The SMILES string of the molecule is CC1OCCN(Cc2cc(Br)no2)C1C. The minimum absolute atomic E-state index is 0.283. The molecule has 0 amide bonds. The Hall–Kier alpha value is -0.390. The van der Waals surface area contributed by atoms with Crippen LogP contribution in [-0.4, -0.2) is 35.4 Å². The molecule has 0 radical (unpaired) electrons. The molecule has 2 unspecified atom stereocenters. The number of hydrogen-bond donors (Lipinski definition) is 0. The molecule has 0 spiro atoms. The third-order valence-electron chi connectivity index (χ3n) is 2.90. The van der Waals surface area contributed by atoms with Gasteiger partial charge < -0.3 is 9.26 Å². The molecule has 0 N–H and O–H groups in total. The van der Waals surface area contributed by atoms with Crippen LogP contribution in [0.1, 0.15) is 19.6 Å². The molecule has 0 aliphatic carbocycles. The molecule has 1 aliphatic heterocycles. The van der Waals surface area contributed by atoms with Crippen molar-refractivity contribution in [2.24, 2.45) is 0 Å². The maximum atomic E-state index is 5.57. The van der Waals surface area contributed by atoms with Gasteiger partial charge in [-0.2, -0.15) is 0 Å². The van der Waals surface area contributed by atoms with Gasteiger partial charge in [-0.05, 0) is 29.8 Å². The summed E-state index contributed by atoms with van der Waals surface area (Å²) in [7, 11) is 0. The van der Waals surface area contributed by atoms with Crippen molar-refractivity contribution in [2.75, 3.05) is 13.2 Å². The maximum absolute atomic E-state index is 5.57. The van der Waals surface area contributed by atoms with E-state index in [9.17, 15) is 0 Å². The van der Waals surface area contributed by atoms with Crippen LogP contribution in [0.25, 0.3) is 0 Å². The van der Waals surface area contributed by atoms with E-state index in [-0.39, 0.29) is 6.10 Å². The van der Waals surface area contributed by atoms with E-state index >= 15 is 0 Å². The first-order chi connectivity index (χ1) is 7.16. The first-order valence-corrected chi connectivity index (χ1v) is 5.93. The Bertz CT molecular complexity index is 329. The average Bonchev–Trinajstić information content (AvgIpc) is 2.59. The van der Waals surface area contributed by atoms with Crippen LogP contribution < -0.4 is 0 Å². The van der Waals surface area contributed by atoms with Gasteiger partial charge in [0.2, 0.25) is 0 Å². The average molecular weight is 275 g/mol. The second kappa shape index (κ2) is 4.63. The molecule has 1 aliphatic rings. The van der Waals surface area contributed by atoms with E-state index in [1.165, 1.54) is 0 Å². The number of ether oxygens (including phenoxy) is 1. The Morgan fingerprint density at radius 2 is 2.40 bits per heavy atom. The summed E-state index contributed by atoms with van der Waals surface area (Å²) in [5.41, 5.74) is 0. The summed E-state index contributed by atoms with van der Waals surface area (Å²) >= 11 is 3.28. The van der Waals surface area contributed by atoms with Crippen molar-refractivity contribution in [1.82, 2.24) is 10.1 Å². The summed E-state index contributed by atoms with van der Waals surface area (Å²) in [6.45, 7) is 6.82. The molecule has 5 heteroatoms. The van der Waals surface area contributed by atoms with Crippen LogP contribution >= 0.6 is 15.9 Å². The van der Waals surface area contributed by atoms with Crippen molar-refractivity contribution in [3.05, 3.63) is 16.4 Å². The van der Waals surface area contributed by atoms with E-state index < -0.39 is 0 Å². The molecule has 0 saturated carbocycles. The van der Waals surface area contributed by atoms with Crippen LogP contribution in [0, 0.1) is 0 Å². The van der Waals surface area contributed by atoms with Crippen LogP contribution in [0.2, 0.25) is 0 Å². The normalized spacial score (nSPS) is 28.2. The fraction of sp³-hybridized carbons (Fsp3) is 0.700. The standard InChI is InChI=1S/C10H15BrN2O2/c1-7-8(2)14-4-3-13(7)6-9-5-10(11)12-15-9/h5,7-8H,3-4,6H2,1-2H3. The van der Waals surface area contributed by atoms with Gasteiger partial charge in [-0.25, -0.2) is 0 Å². The van der Waals surface area contributed by atoms with Crippen molar-refractivity contribution >= 4 is 15.9 Å². The Morgan fingerprint density at radius 3 is 3.07 bits per heavy atom. The minimum Gasteiger partial charge on any atom is -0.376 e. The zero-order valence-corrected chi connectivity index (χ0v) is 10.5. The highest BCUT2D eigenvalue weighted by molar-refractivity contribution is 9.10. The Kier molecular flexibility index (Phi) is 3.43.